The van der Waals surface area contributed by atoms with Crippen LogP contribution in [-0.4, -0.2) is 28.9 Å². The largest absolute Gasteiger partial charge is 0.336 e. The fourth-order valence-electron chi connectivity index (χ4n) is 2.20. The van der Waals surface area contributed by atoms with Crippen molar-refractivity contribution in [2.45, 2.75) is 44.2 Å². The predicted octanol–water partition coefficient (Wildman–Crippen LogP) is 0.489. The molecule has 2 aliphatic rings. The van der Waals surface area contributed by atoms with Gasteiger partial charge in [0, 0.05) is 12.1 Å². The third kappa shape index (κ3) is 0.959. The Morgan fingerprint density at radius 2 is 2.25 bits per heavy atom. The number of carbonyl (C=O) groups is 1. The van der Waals surface area contributed by atoms with Crippen LogP contribution in [0.2, 0.25) is 0 Å². The Bertz CT molecular complexity index is 211. The third-order valence-corrected chi connectivity index (χ3v) is 3.33. The summed E-state index contributed by atoms with van der Waals surface area (Å²) in [4.78, 5) is 13.5. The molecule has 2 rings (SSSR count). The molecule has 0 aromatic rings. The van der Waals surface area contributed by atoms with E-state index in [1.165, 1.54) is 6.42 Å². The molecule has 2 N–H and O–H groups in total. The Morgan fingerprint density at radius 3 is 2.58 bits per heavy atom. The molecule has 0 aromatic heterocycles. The van der Waals surface area contributed by atoms with Crippen LogP contribution in [0.25, 0.3) is 0 Å². The highest BCUT2D eigenvalue weighted by Gasteiger charge is 2.44. The summed E-state index contributed by atoms with van der Waals surface area (Å²) < 4.78 is 0. The molecule has 0 aromatic carbocycles. The van der Waals surface area contributed by atoms with Gasteiger partial charge in [-0.05, 0) is 32.6 Å². The van der Waals surface area contributed by atoms with Gasteiger partial charge in [0.15, 0.2) is 0 Å². The van der Waals surface area contributed by atoms with Crippen LogP contribution in [0.4, 0.5) is 0 Å². The first kappa shape index (κ1) is 8.05. The predicted molar refractivity (Wildman–Crippen MR) is 46.6 cm³/mol. The van der Waals surface area contributed by atoms with Crippen molar-refractivity contribution in [2.24, 2.45) is 5.73 Å². The van der Waals surface area contributed by atoms with Crippen molar-refractivity contribution in [3.05, 3.63) is 0 Å². The van der Waals surface area contributed by atoms with Crippen LogP contribution in [0.15, 0.2) is 0 Å². The number of likely N-dealkylation sites (tertiary alicyclic amines) is 1. The lowest BCUT2D eigenvalue weighted by molar-refractivity contribution is -0.136. The summed E-state index contributed by atoms with van der Waals surface area (Å²) in [5.41, 5.74) is 5.81. The van der Waals surface area contributed by atoms with Crippen molar-refractivity contribution >= 4 is 5.91 Å². The van der Waals surface area contributed by atoms with Gasteiger partial charge in [0.05, 0.1) is 6.04 Å². The molecule has 1 aliphatic heterocycles. The Labute approximate surface area is 72.9 Å². The molecule has 2 fully saturated rings. The van der Waals surface area contributed by atoms with Crippen LogP contribution in [0.1, 0.15) is 32.6 Å². The van der Waals surface area contributed by atoms with Crippen molar-refractivity contribution in [3.8, 4) is 0 Å². The third-order valence-electron chi connectivity index (χ3n) is 3.33. The number of nitrogens with two attached hydrogens (primary N) is 1. The zero-order valence-corrected chi connectivity index (χ0v) is 7.55. The average Bonchev–Trinajstić information content (AvgIpc) is 2.29. The van der Waals surface area contributed by atoms with Gasteiger partial charge in [0.2, 0.25) is 5.91 Å². The van der Waals surface area contributed by atoms with Gasteiger partial charge >= 0.3 is 0 Å². The minimum Gasteiger partial charge on any atom is -0.336 e. The maximum Gasteiger partial charge on any atom is 0.240 e. The molecule has 0 bridgehead atoms. The first-order valence-electron chi connectivity index (χ1n) is 4.70. The Hall–Kier alpha value is -0.570. The van der Waals surface area contributed by atoms with E-state index in [0.717, 1.165) is 25.8 Å². The molecule has 1 saturated heterocycles. The number of hydrogen-bond acceptors (Lipinski definition) is 2. The van der Waals surface area contributed by atoms with Crippen molar-refractivity contribution in [2.75, 3.05) is 6.54 Å². The molecular weight excluding hydrogens is 152 g/mol. The van der Waals surface area contributed by atoms with Crippen LogP contribution < -0.4 is 5.73 Å². The molecule has 12 heavy (non-hydrogen) atoms. The summed E-state index contributed by atoms with van der Waals surface area (Å²) in [5, 5.41) is 0. The lowest BCUT2D eigenvalue weighted by atomic mass is 9.77. The molecule has 1 atom stereocenters. The Balaban J connectivity index is 2.09. The molecule has 3 nitrogen and oxygen atoms in total. The highest BCUT2D eigenvalue weighted by atomic mass is 16.2. The van der Waals surface area contributed by atoms with Crippen molar-refractivity contribution in [1.29, 1.82) is 0 Å². The lowest BCUT2D eigenvalue weighted by Gasteiger charge is -2.46. The van der Waals surface area contributed by atoms with Crippen LogP contribution in [0, 0.1) is 0 Å². The first-order chi connectivity index (χ1) is 5.63. The minimum absolute atomic E-state index is 0.158. The van der Waals surface area contributed by atoms with Crippen molar-refractivity contribution in [1.82, 2.24) is 4.90 Å². The Morgan fingerprint density at radius 1 is 1.58 bits per heavy atom. The van der Waals surface area contributed by atoms with E-state index >= 15 is 0 Å². The highest BCUT2D eigenvalue weighted by Crippen LogP contribution is 2.39. The maximum absolute atomic E-state index is 11.5. The van der Waals surface area contributed by atoms with Gasteiger partial charge in [0.1, 0.15) is 0 Å². The topological polar surface area (TPSA) is 46.3 Å². The maximum atomic E-state index is 11.5. The number of amides is 1. The number of hydrogen-bond donors (Lipinski definition) is 1. The van der Waals surface area contributed by atoms with Crippen molar-refractivity contribution < 1.29 is 4.79 Å². The second-order valence-electron chi connectivity index (χ2n) is 4.24. The van der Waals surface area contributed by atoms with Crippen molar-refractivity contribution in [3.63, 3.8) is 0 Å². The van der Waals surface area contributed by atoms with E-state index in [1.54, 1.807) is 0 Å². The van der Waals surface area contributed by atoms with Crippen LogP contribution in [-0.2, 0) is 4.79 Å². The first-order valence-corrected chi connectivity index (χ1v) is 4.70. The second kappa shape index (κ2) is 2.46. The molecule has 68 valence electrons. The van der Waals surface area contributed by atoms with E-state index in [9.17, 15) is 4.79 Å². The number of nitrogens with zero attached hydrogens (tertiary/aromatic N) is 1. The summed E-state index contributed by atoms with van der Waals surface area (Å²) in [6, 6.07) is -0.220. The average molecular weight is 168 g/mol. The molecule has 3 heteroatoms. The van der Waals surface area contributed by atoms with Gasteiger partial charge in [-0.3, -0.25) is 4.79 Å². The zero-order chi connectivity index (χ0) is 8.77. The fourth-order valence-corrected chi connectivity index (χ4v) is 2.20. The number of rotatable bonds is 1. The number of carbonyl (C=O) groups excluding carboxylic acids is 1. The van der Waals surface area contributed by atoms with E-state index in [-0.39, 0.29) is 17.5 Å². The molecule has 1 unspecified atom stereocenters. The monoisotopic (exact) mass is 168 g/mol. The molecule has 0 spiro atoms. The second-order valence-corrected chi connectivity index (χ2v) is 4.24. The highest BCUT2D eigenvalue weighted by molar-refractivity contribution is 5.84. The molecule has 1 amide bonds. The van der Waals surface area contributed by atoms with Gasteiger partial charge < -0.3 is 10.6 Å². The minimum atomic E-state index is -0.220. The quantitative estimate of drug-likeness (QED) is 0.619. The normalized spacial score (nSPS) is 33.7. The molecule has 1 aliphatic carbocycles. The van der Waals surface area contributed by atoms with E-state index in [1.807, 2.05) is 4.90 Å². The molecular formula is C9H16N2O. The van der Waals surface area contributed by atoms with Gasteiger partial charge in [-0.15, -0.1) is 0 Å². The summed E-state index contributed by atoms with van der Waals surface area (Å²) in [7, 11) is 0. The molecule has 0 radical (unpaired) electrons. The van der Waals surface area contributed by atoms with E-state index < -0.39 is 0 Å². The summed E-state index contributed by atoms with van der Waals surface area (Å²) in [6.45, 7) is 3.04. The molecule has 1 heterocycles. The summed E-state index contributed by atoms with van der Waals surface area (Å²) in [5.74, 6) is 0.164. The van der Waals surface area contributed by atoms with Crippen LogP contribution >= 0.6 is 0 Å². The van der Waals surface area contributed by atoms with Gasteiger partial charge in [0.25, 0.3) is 0 Å². The zero-order valence-electron chi connectivity index (χ0n) is 7.55. The van der Waals surface area contributed by atoms with Gasteiger partial charge in [-0.25, -0.2) is 0 Å². The van der Waals surface area contributed by atoms with Gasteiger partial charge in [-0.2, -0.15) is 0 Å². The van der Waals surface area contributed by atoms with E-state index in [0.29, 0.717) is 0 Å². The summed E-state index contributed by atoms with van der Waals surface area (Å²) in [6.07, 6.45) is 4.42. The Kier molecular flexibility index (Phi) is 1.65. The van der Waals surface area contributed by atoms with Crippen LogP contribution in [0.5, 0.6) is 0 Å². The lowest BCUT2D eigenvalue weighted by Crippen LogP contribution is -2.53. The SMILES string of the molecule is CC1(N2CCC(N)C2=O)CCC1. The fraction of sp³-hybridized carbons (Fsp3) is 0.889. The van der Waals surface area contributed by atoms with Gasteiger partial charge in [-0.1, -0.05) is 0 Å². The van der Waals surface area contributed by atoms with E-state index in [4.69, 9.17) is 5.73 Å². The summed E-state index contributed by atoms with van der Waals surface area (Å²) >= 11 is 0. The van der Waals surface area contributed by atoms with E-state index in [2.05, 4.69) is 6.92 Å². The smallest absolute Gasteiger partial charge is 0.240 e. The van der Waals surface area contributed by atoms with Crippen LogP contribution in [0.3, 0.4) is 0 Å². The molecule has 1 saturated carbocycles. The standard InChI is InChI=1S/C9H16N2O/c1-9(4-2-5-9)11-6-3-7(10)8(11)12/h7H,2-6,10H2,1H3.